The molecule has 1 aliphatic rings. The minimum absolute atomic E-state index is 0.151. The smallest absolute Gasteiger partial charge is 0.420 e. The standard InChI is InChI=1S/C27H26F6N10O2/c1-45-25-36-9-15(10-37-25)14-2-7-21(34-8-14)43(26(44)38-13-20(29)30)17-5-3-16(4-6-17)40-24-35-11-18(27(31,32)33)22(41-24)23-19(28)12-39-42-23/h2,7-12,16-17,20H,3-6,13H2,1H3,(H,38,44)(H,39,42)(H,35,40,41). The minimum atomic E-state index is -4.84. The molecule has 0 aliphatic heterocycles. The van der Waals surface area contributed by atoms with E-state index in [1.807, 2.05) is 0 Å². The summed E-state index contributed by atoms with van der Waals surface area (Å²) in [6, 6.07) is 1.96. The van der Waals surface area contributed by atoms with Crippen LogP contribution in [0.3, 0.4) is 0 Å². The molecule has 1 aliphatic carbocycles. The van der Waals surface area contributed by atoms with E-state index in [4.69, 9.17) is 4.74 Å². The summed E-state index contributed by atoms with van der Waals surface area (Å²) in [4.78, 5) is 34.6. The number of nitrogens with zero attached hydrogens (tertiary/aromatic N) is 7. The molecular weight excluding hydrogens is 610 g/mol. The van der Waals surface area contributed by atoms with Gasteiger partial charge in [-0.3, -0.25) is 10.00 Å². The fourth-order valence-corrected chi connectivity index (χ4v) is 4.92. The van der Waals surface area contributed by atoms with Crippen molar-refractivity contribution < 1.29 is 35.9 Å². The summed E-state index contributed by atoms with van der Waals surface area (Å²) in [6.45, 7) is -0.849. The number of anilines is 2. The number of alkyl halides is 5. The molecule has 4 aromatic rings. The monoisotopic (exact) mass is 636 g/mol. The van der Waals surface area contributed by atoms with Crippen LogP contribution in [0.1, 0.15) is 31.2 Å². The third-order valence-electron chi connectivity index (χ3n) is 7.08. The Labute approximate surface area is 251 Å². The van der Waals surface area contributed by atoms with Gasteiger partial charge in [-0.05, 0) is 37.8 Å². The van der Waals surface area contributed by atoms with Gasteiger partial charge in [-0.1, -0.05) is 0 Å². The number of nitrogens with one attached hydrogen (secondary N) is 3. The van der Waals surface area contributed by atoms with Gasteiger partial charge < -0.3 is 15.4 Å². The fourth-order valence-electron chi connectivity index (χ4n) is 4.92. The van der Waals surface area contributed by atoms with E-state index in [1.54, 1.807) is 24.5 Å². The Morgan fingerprint density at radius 1 is 1.02 bits per heavy atom. The summed E-state index contributed by atoms with van der Waals surface area (Å²) in [5.41, 5.74) is -1.17. The third kappa shape index (κ3) is 7.38. The highest BCUT2D eigenvalue weighted by Crippen LogP contribution is 2.36. The molecule has 0 radical (unpaired) electrons. The van der Waals surface area contributed by atoms with Crippen LogP contribution in [0.25, 0.3) is 22.5 Å². The summed E-state index contributed by atoms with van der Waals surface area (Å²) >= 11 is 0. The van der Waals surface area contributed by atoms with Crippen molar-refractivity contribution in [1.29, 1.82) is 0 Å². The first kappa shape index (κ1) is 31.4. The second kappa shape index (κ2) is 13.3. The normalized spacial score (nSPS) is 16.8. The van der Waals surface area contributed by atoms with Crippen molar-refractivity contribution in [2.45, 2.75) is 50.4 Å². The van der Waals surface area contributed by atoms with Gasteiger partial charge in [-0.25, -0.2) is 42.9 Å². The molecule has 18 heteroatoms. The van der Waals surface area contributed by atoms with Gasteiger partial charge in [0.2, 0.25) is 5.95 Å². The number of carbonyl (C=O) groups excluding carboxylic acids is 1. The number of hydrogen-bond donors (Lipinski definition) is 3. The van der Waals surface area contributed by atoms with E-state index in [2.05, 4.69) is 45.8 Å². The SMILES string of the molecule is COc1ncc(-c2ccc(N(C(=O)NCC(F)F)C3CCC(Nc4ncc(C(F)(F)F)c(-c5[nH]ncc5F)n4)CC3)nc2)cn1. The van der Waals surface area contributed by atoms with Crippen LogP contribution in [-0.2, 0) is 6.18 Å². The Morgan fingerprint density at radius 2 is 1.73 bits per heavy atom. The molecule has 0 unspecified atom stereocenters. The largest absolute Gasteiger partial charge is 0.467 e. The first-order valence-corrected chi connectivity index (χ1v) is 13.6. The van der Waals surface area contributed by atoms with Gasteiger partial charge >= 0.3 is 18.2 Å². The predicted octanol–water partition coefficient (Wildman–Crippen LogP) is 5.09. The van der Waals surface area contributed by atoms with E-state index in [-0.39, 0.29) is 23.8 Å². The Morgan fingerprint density at radius 3 is 2.31 bits per heavy atom. The number of aromatic nitrogens is 7. The number of amides is 2. The van der Waals surface area contributed by atoms with E-state index in [9.17, 15) is 31.1 Å². The molecule has 0 bridgehead atoms. The predicted molar refractivity (Wildman–Crippen MR) is 148 cm³/mol. The average molecular weight is 637 g/mol. The van der Waals surface area contributed by atoms with Gasteiger partial charge in [0.15, 0.2) is 5.82 Å². The van der Waals surface area contributed by atoms with Gasteiger partial charge in [-0.15, -0.1) is 0 Å². The van der Waals surface area contributed by atoms with Crippen LogP contribution < -0.4 is 20.3 Å². The molecule has 45 heavy (non-hydrogen) atoms. The van der Waals surface area contributed by atoms with Crippen molar-refractivity contribution in [2.75, 3.05) is 23.9 Å². The second-order valence-electron chi connectivity index (χ2n) is 10.0. The molecule has 0 atom stereocenters. The summed E-state index contributed by atoms with van der Waals surface area (Å²) in [5.74, 6) is -0.926. The maximum Gasteiger partial charge on any atom is 0.420 e. The number of halogens is 6. The molecule has 0 saturated heterocycles. The number of aromatic amines is 1. The summed E-state index contributed by atoms with van der Waals surface area (Å²) in [7, 11) is 1.44. The molecule has 1 fully saturated rings. The van der Waals surface area contributed by atoms with Crippen LogP contribution in [0.4, 0.5) is 42.9 Å². The second-order valence-corrected chi connectivity index (χ2v) is 10.0. The topological polar surface area (TPSA) is 147 Å². The lowest BCUT2D eigenvalue weighted by molar-refractivity contribution is -0.137. The van der Waals surface area contributed by atoms with Gasteiger partial charge in [0.25, 0.3) is 6.43 Å². The third-order valence-corrected chi connectivity index (χ3v) is 7.08. The van der Waals surface area contributed by atoms with Crippen molar-refractivity contribution in [1.82, 2.24) is 40.4 Å². The van der Waals surface area contributed by atoms with E-state index < -0.39 is 54.0 Å². The Kier molecular flexibility index (Phi) is 9.29. The summed E-state index contributed by atoms with van der Waals surface area (Å²) < 4.78 is 85.6. The number of pyridine rings is 1. The summed E-state index contributed by atoms with van der Waals surface area (Å²) in [5, 5.41) is 10.8. The molecule has 0 aromatic carbocycles. The van der Waals surface area contributed by atoms with E-state index >= 15 is 0 Å². The van der Waals surface area contributed by atoms with Crippen LogP contribution in [0, 0.1) is 5.82 Å². The zero-order valence-electron chi connectivity index (χ0n) is 23.5. The molecule has 4 heterocycles. The number of rotatable bonds is 9. The van der Waals surface area contributed by atoms with Gasteiger partial charge in [0.1, 0.15) is 22.8 Å². The highest BCUT2D eigenvalue weighted by atomic mass is 19.4. The lowest BCUT2D eigenvalue weighted by Crippen LogP contribution is -2.50. The van der Waals surface area contributed by atoms with Crippen LogP contribution in [-0.4, -0.2) is 73.3 Å². The van der Waals surface area contributed by atoms with Gasteiger partial charge in [-0.2, -0.15) is 18.3 Å². The lowest BCUT2D eigenvalue weighted by Gasteiger charge is -2.36. The van der Waals surface area contributed by atoms with Crippen molar-refractivity contribution in [3.05, 3.63) is 54.5 Å². The number of hydrogen-bond acceptors (Lipinski definition) is 9. The first-order valence-electron chi connectivity index (χ1n) is 13.6. The highest BCUT2D eigenvalue weighted by molar-refractivity contribution is 5.91. The number of methoxy groups -OCH3 is 1. The Bertz CT molecular complexity index is 1590. The zero-order chi connectivity index (χ0) is 32.1. The molecule has 5 rings (SSSR count). The van der Waals surface area contributed by atoms with Crippen molar-refractivity contribution in [3.8, 4) is 28.5 Å². The van der Waals surface area contributed by atoms with Crippen LogP contribution >= 0.6 is 0 Å². The van der Waals surface area contributed by atoms with Crippen molar-refractivity contribution in [2.24, 2.45) is 0 Å². The molecule has 3 N–H and O–H groups in total. The maximum atomic E-state index is 14.1. The molecule has 2 amide bonds. The van der Waals surface area contributed by atoms with Gasteiger partial charge in [0.05, 0.1) is 19.9 Å². The van der Waals surface area contributed by atoms with Crippen LogP contribution in [0.15, 0.2) is 43.1 Å². The number of ether oxygens (including phenoxy) is 1. The van der Waals surface area contributed by atoms with E-state index in [0.717, 1.165) is 6.20 Å². The molecule has 12 nitrogen and oxygen atoms in total. The van der Waals surface area contributed by atoms with E-state index in [1.165, 1.54) is 18.2 Å². The maximum absolute atomic E-state index is 14.1. The Hall–Kier alpha value is -5.03. The highest BCUT2D eigenvalue weighted by Gasteiger charge is 2.37. The summed E-state index contributed by atoms with van der Waals surface area (Å²) in [6.07, 6.45) is -0.0936. The first-order chi connectivity index (χ1) is 21.5. The van der Waals surface area contributed by atoms with Crippen molar-refractivity contribution >= 4 is 17.8 Å². The molecule has 4 aromatic heterocycles. The van der Waals surface area contributed by atoms with Crippen molar-refractivity contribution in [3.63, 3.8) is 0 Å². The number of carbonyl (C=O) groups is 1. The lowest BCUT2D eigenvalue weighted by atomic mass is 9.90. The zero-order valence-corrected chi connectivity index (χ0v) is 23.5. The van der Waals surface area contributed by atoms with E-state index in [0.29, 0.717) is 43.0 Å². The Balaban J connectivity index is 1.31. The minimum Gasteiger partial charge on any atom is -0.467 e. The van der Waals surface area contributed by atoms with Gasteiger partial charge in [0, 0.05) is 48.0 Å². The average Bonchev–Trinajstić information content (AvgIpc) is 3.46. The molecule has 0 spiro atoms. The molecular formula is C27H26F6N10O2. The van der Waals surface area contributed by atoms with Crippen LogP contribution in [0.2, 0.25) is 0 Å². The number of H-pyrrole nitrogens is 1. The fraction of sp³-hybridized carbons (Fsp3) is 0.370. The molecule has 1 saturated carbocycles. The quantitative estimate of drug-likeness (QED) is 0.214. The molecule has 238 valence electrons. The van der Waals surface area contributed by atoms with Crippen LogP contribution in [0.5, 0.6) is 6.01 Å². The number of urea groups is 1.